The third-order valence-electron chi connectivity index (χ3n) is 3.07. The van der Waals surface area contributed by atoms with E-state index in [4.69, 9.17) is 4.74 Å². The van der Waals surface area contributed by atoms with Crippen LogP contribution < -0.4 is 10.6 Å². The number of hydrogen-bond acceptors (Lipinski definition) is 3. The van der Waals surface area contributed by atoms with Crippen LogP contribution in [0.2, 0.25) is 0 Å². The standard InChI is InChI=1S/C18H29FN4O2.HI/c1-6-20-16(21-11-12-22-17(24)25-18(2,3)4)23(5)13-14-7-9-15(19)10-8-14;/h7-10H,6,11-13H2,1-5H3,(H,20,21)(H,22,24);1H. The summed E-state index contributed by atoms with van der Waals surface area (Å²) in [5.41, 5.74) is 0.471. The molecule has 26 heavy (non-hydrogen) atoms. The average Bonchev–Trinajstić information content (AvgIpc) is 2.50. The molecule has 1 amide bonds. The Kier molecular flexibility index (Phi) is 11.2. The fourth-order valence-corrected chi connectivity index (χ4v) is 2.04. The normalized spacial score (nSPS) is 11.4. The minimum absolute atomic E-state index is 0. The predicted molar refractivity (Wildman–Crippen MR) is 113 cm³/mol. The maximum absolute atomic E-state index is 13.0. The second-order valence-electron chi connectivity index (χ2n) is 6.65. The van der Waals surface area contributed by atoms with Crippen LogP contribution in [0.25, 0.3) is 0 Å². The minimum Gasteiger partial charge on any atom is -0.444 e. The van der Waals surface area contributed by atoms with Gasteiger partial charge in [0.15, 0.2) is 5.96 Å². The number of benzene rings is 1. The molecule has 1 aromatic carbocycles. The van der Waals surface area contributed by atoms with Crippen LogP contribution in [0, 0.1) is 5.82 Å². The molecule has 0 aliphatic heterocycles. The van der Waals surface area contributed by atoms with E-state index in [2.05, 4.69) is 15.6 Å². The van der Waals surface area contributed by atoms with E-state index < -0.39 is 11.7 Å². The van der Waals surface area contributed by atoms with Gasteiger partial charge in [0, 0.05) is 26.7 Å². The first-order chi connectivity index (χ1) is 11.7. The second-order valence-corrected chi connectivity index (χ2v) is 6.65. The van der Waals surface area contributed by atoms with Gasteiger partial charge in [0.2, 0.25) is 0 Å². The van der Waals surface area contributed by atoms with Crippen molar-refractivity contribution in [3.05, 3.63) is 35.6 Å². The zero-order valence-corrected chi connectivity index (χ0v) is 18.5. The Bertz CT molecular complexity index is 574. The van der Waals surface area contributed by atoms with Crippen molar-refractivity contribution in [1.82, 2.24) is 15.5 Å². The minimum atomic E-state index is -0.516. The van der Waals surface area contributed by atoms with E-state index in [0.717, 1.165) is 18.1 Å². The van der Waals surface area contributed by atoms with Crippen LogP contribution in [0.15, 0.2) is 29.3 Å². The number of alkyl carbamates (subject to hydrolysis) is 1. The monoisotopic (exact) mass is 480 g/mol. The smallest absolute Gasteiger partial charge is 0.407 e. The van der Waals surface area contributed by atoms with Crippen LogP contribution in [0.5, 0.6) is 0 Å². The molecule has 2 N–H and O–H groups in total. The summed E-state index contributed by atoms with van der Waals surface area (Å²) in [6.45, 7) is 9.58. The number of aliphatic imine (C=N–C) groups is 1. The van der Waals surface area contributed by atoms with E-state index in [1.54, 1.807) is 12.1 Å². The summed E-state index contributed by atoms with van der Waals surface area (Å²) in [5, 5.41) is 5.87. The van der Waals surface area contributed by atoms with Gasteiger partial charge in [-0.3, -0.25) is 4.99 Å². The Hall–Kier alpha value is -1.58. The first-order valence-corrected chi connectivity index (χ1v) is 8.42. The van der Waals surface area contributed by atoms with Gasteiger partial charge in [0.05, 0.1) is 6.54 Å². The van der Waals surface area contributed by atoms with Crippen molar-refractivity contribution >= 4 is 36.0 Å². The van der Waals surface area contributed by atoms with Gasteiger partial charge in [-0.2, -0.15) is 0 Å². The molecule has 0 spiro atoms. The highest BCUT2D eigenvalue weighted by Gasteiger charge is 2.15. The number of amides is 1. The fourth-order valence-electron chi connectivity index (χ4n) is 2.04. The molecule has 0 bridgehead atoms. The van der Waals surface area contributed by atoms with Crippen LogP contribution in [0.4, 0.5) is 9.18 Å². The fraction of sp³-hybridized carbons (Fsp3) is 0.556. The molecule has 0 atom stereocenters. The molecule has 0 saturated carbocycles. The molecule has 0 aliphatic carbocycles. The molecule has 1 aromatic rings. The van der Waals surface area contributed by atoms with E-state index in [-0.39, 0.29) is 29.8 Å². The third kappa shape index (κ3) is 10.4. The quantitative estimate of drug-likeness (QED) is 0.284. The number of guanidine groups is 1. The maximum atomic E-state index is 13.0. The first-order valence-electron chi connectivity index (χ1n) is 8.42. The van der Waals surface area contributed by atoms with Crippen LogP contribution in [0.1, 0.15) is 33.3 Å². The van der Waals surface area contributed by atoms with Crippen LogP contribution >= 0.6 is 24.0 Å². The molecular formula is C18H30FIN4O2. The number of halogens is 2. The molecule has 0 fully saturated rings. The largest absolute Gasteiger partial charge is 0.444 e. The van der Waals surface area contributed by atoms with E-state index in [1.165, 1.54) is 12.1 Å². The summed E-state index contributed by atoms with van der Waals surface area (Å²) in [6, 6.07) is 6.38. The molecule has 8 heteroatoms. The highest BCUT2D eigenvalue weighted by Crippen LogP contribution is 2.07. The lowest BCUT2D eigenvalue weighted by Gasteiger charge is -2.22. The van der Waals surface area contributed by atoms with Crippen molar-refractivity contribution in [2.24, 2.45) is 4.99 Å². The van der Waals surface area contributed by atoms with Crippen molar-refractivity contribution in [3.8, 4) is 0 Å². The van der Waals surface area contributed by atoms with E-state index >= 15 is 0 Å². The molecule has 1 rings (SSSR count). The van der Waals surface area contributed by atoms with Gasteiger partial charge in [-0.1, -0.05) is 12.1 Å². The van der Waals surface area contributed by atoms with Crippen LogP contribution in [0.3, 0.4) is 0 Å². The molecular weight excluding hydrogens is 450 g/mol. The van der Waals surface area contributed by atoms with Gasteiger partial charge in [0.1, 0.15) is 11.4 Å². The molecule has 0 radical (unpaired) electrons. The lowest BCUT2D eigenvalue weighted by Crippen LogP contribution is -2.39. The van der Waals surface area contributed by atoms with E-state index in [0.29, 0.717) is 19.6 Å². The third-order valence-corrected chi connectivity index (χ3v) is 3.07. The van der Waals surface area contributed by atoms with Crippen molar-refractivity contribution in [3.63, 3.8) is 0 Å². The Balaban J connectivity index is 0.00000625. The second kappa shape index (κ2) is 11.9. The summed E-state index contributed by atoms with van der Waals surface area (Å²) in [6.07, 6.45) is -0.452. The molecule has 0 aromatic heterocycles. The Morgan fingerprint density at radius 1 is 1.23 bits per heavy atom. The van der Waals surface area contributed by atoms with Crippen molar-refractivity contribution in [2.45, 2.75) is 39.8 Å². The number of ether oxygens (including phenoxy) is 1. The number of nitrogens with one attached hydrogen (secondary N) is 2. The first kappa shape index (κ1) is 24.4. The Morgan fingerprint density at radius 3 is 2.38 bits per heavy atom. The number of carbonyl (C=O) groups excluding carboxylic acids is 1. The lowest BCUT2D eigenvalue weighted by atomic mass is 10.2. The summed E-state index contributed by atoms with van der Waals surface area (Å²) < 4.78 is 18.2. The lowest BCUT2D eigenvalue weighted by molar-refractivity contribution is 0.0529. The van der Waals surface area contributed by atoms with E-state index in [1.807, 2.05) is 39.6 Å². The van der Waals surface area contributed by atoms with E-state index in [9.17, 15) is 9.18 Å². The molecule has 6 nitrogen and oxygen atoms in total. The van der Waals surface area contributed by atoms with Gasteiger partial charge >= 0.3 is 6.09 Å². The van der Waals surface area contributed by atoms with Gasteiger partial charge in [-0.15, -0.1) is 24.0 Å². The summed E-state index contributed by atoms with van der Waals surface area (Å²) in [7, 11) is 1.91. The van der Waals surface area contributed by atoms with Gasteiger partial charge in [0.25, 0.3) is 0 Å². The van der Waals surface area contributed by atoms with Crippen molar-refractivity contribution < 1.29 is 13.9 Å². The van der Waals surface area contributed by atoms with Gasteiger partial charge < -0.3 is 20.3 Å². The van der Waals surface area contributed by atoms with Crippen molar-refractivity contribution in [1.29, 1.82) is 0 Å². The molecule has 0 heterocycles. The number of rotatable bonds is 6. The zero-order chi connectivity index (χ0) is 18.9. The Morgan fingerprint density at radius 2 is 1.85 bits per heavy atom. The highest BCUT2D eigenvalue weighted by molar-refractivity contribution is 14.0. The SMILES string of the molecule is CCNC(=NCCNC(=O)OC(C)(C)C)N(C)Cc1ccc(F)cc1.I. The van der Waals surface area contributed by atoms with Gasteiger partial charge in [-0.25, -0.2) is 9.18 Å². The number of nitrogens with zero attached hydrogens (tertiary/aromatic N) is 2. The molecule has 0 unspecified atom stereocenters. The summed E-state index contributed by atoms with van der Waals surface area (Å²) in [5.74, 6) is 0.470. The predicted octanol–water partition coefficient (Wildman–Crippen LogP) is 3.37. The van der Waals surface area contributed by atoms with Crippen LogP contribution in [-0.2, 0) is 11.3 Å². The maximum Gasteiger partial charge on any atom is 0.407 e. The Labute approximate surface area is 172 Å². The highest BCUT2D eigenvalue weighted by atomic mass is 127. The van der Waals surface area contributed by atoms with Gasteiger partial charge in [-0.05, 0) is 45.4 Å². The molecule has 0 saturated heterocycles. The summed E-state index contributed by atoms with van der Waals surface area (Å²) >= 11 is 0. The molecule has 0 aliphatic rings. The molecule has 148 valence electrons. The number of carbonyl (C=O) groups is 1. The van der Waals surface area contributed by atoms with Crippen LogP contribution in [-0.4, -0.2) is 49.2 Å². The topological polar surface area (TPSA) is 66.0 Å². The van der Waals surface area contributed by atoms with Crippen molar-refractivity contribution in [2.75, 3.05) is 26.7 Å². The summed E-state index contributed by atoms with van der Waals surface area (Å²) in [4.78, 5) is 18.0. The number of hydrogen-bond donors (Lipinski definition) is 2. The zero-order valence-electron chi connectivity index (χ0n) is 16.1. The average molecular weight is 480 g/mol.